The third-order valence-corrected chi connectivity index (χ3v) is 3.72. The summed E-state index contributed by atoms with van der Waals surface area (Å²) in [5.41, 5.74) is 2.87. The Balaban J connectivity index is 1.95. The smallest absolute Gasteiger partial charge is 0.0234 e. The van der Waals surface area contributed by atoms with Crippen LogP contribution in [0.5, 0.6) is 0 Å². The van der Waals surface area contributed by atoms with Gasteiger partial charge in [-0.1, -0.05) is 45.0 Å². The van der Waals surface area contributed by atoms with E-state index in [4.69, 9.17) is 0 Å². The molecule has 1 aromatic rings. The minimum absolute atomic E-state index is 0.626. The molecule has 100 valence electrons. The number of benzene rings is 1. The van der Waals surface area contributed by atoms with E-state index in [0.717, 1.165) is 32.1 Å². The first kappa shape index (κ1) is 13.6. The summed E-state index contributed by atoms with van der Waals surface area (Å²) in [5.74, 6) is 1.38. The fourth-order valence-corrected chi connectivity index (χ4v) is 2.59. The third kappa shape index (κ3) is 3.82. The molecular formula is C16H26N2. The standard InChI is InChI=1S/C16H26N2/c1-13(2)16-6-4-15(5-7-16)12-18-9-8-17-10-14(3)11-18/h4-7,13-14,17H,8-12H2,1-3H3. The van der Waals surface area contributed by atoms with Crippen LogP contribution < -0.4 is 5.32 Å². The highest BCUT2D eigenvalue weighted by Crippen LogP contribution is 2.16. The molecule has 2 nitrogen and oxygen atoms in total. The predicted octanol–water partition coefficient (Wildman–Crippen LogP) is 2.85. The highest BCUT2D eigenvalue weighted by molar-refractivity contribution is 5.24. The molecule has 0 radical (unpaired) electrons. The molecule has 1 unspecified atom stereocenters. The van der Waals surface area contributed by atoms with E-state index in [2.05, 4.69) is 55.3 Å². The van der Waals surface area contributed by atoms with Gasteiger partial charge in [-0.15, -0.1) is 0 Å². The van der Waals surface area contributed by atoms with Crippen LogP contribution in [0.15, 0.2) is 24.3 Å². The van der Waals surface area contributed by atoms with Crippen LogP contribution in [0.25, 0.3) is 0 Å². The van der Waals surface area contributed by atoms with Crippen molar-refractivity contribution in [2.45, 2.75) is 33.2 Å². The molecule has 1 saturated heterocycles. The van der Waals surface area contributed by atoms with Gasteiger partial charge in [0.2, 0.25) is 0 Å². The molecule has 1 aliphatic rings. The molecule has 0 aromatic heterocycles. The summed E-state index contributed by atoms with van der Waals surface area (Å²) < 4.78 is 0. The van der Waals surface area contributed by atoms with Crippen molar-refractivity contribution in [2.24, 2.45) is 5.92 Å². The van der Waals surface area contributed by atoms with Gasteiger partial charge >= 0.3 is 0 Å². The van der Waals surface area contributed by atoms with Crippen LogP contribution in [-0.2, 0) is 6.54 Å². The van der Waals surface area contributed by atoms with Crippen molar-refractivity contribution in [1.29, 1.82) is 0 Å². The monoisotopic (exact) mass is 246 g/mol. The highest BCUT2D eigenvalue weighted by Gasteiger charge is 2.14. The molecule has 1 aromatic carbocycles. The van der Waals surface area contributed by atoms with Crippen molar-refractivity contribution >= 4 is 0 Å². The van der Waals surface area contributed by atoms with Crippen molar-refractivity contribution in [3.8, 4) is 0 Å². The third-order valence-electron chi connectivity index (χ3n) is 3.72. The van der Waals surface area contributed by atoms with Gasteiger partial charge in [0, 0.05) is 26.2 Å². The zero-order chi connectivity index (χ0) is 13.0. The van der Waals surface area contributed by atoms with E-state index in [1.165, 1.54) is 17.7 Å². The Morgan fingerprint density at radius 3 is 2.67 bits per heavy atom. The Bertz CT molecular complexity index is 356. The molecule has 0 amide bonds. The maximum Gasteiger partial charge on any atom is 0.0234 e. The van der Waals surface area contributed by atoms with E-state index in [9.17, 15) is 0 Å². The fourth-order valence-electron chi connectivity index (χ4n) is 2.59. The maximum atomic E-state index is 3.50. The van der Waals surface area contributed by atoms with Gasteiger partial charge in [0.1, 0.15) is 0 Å². The lowest BCUT2D eigenvalue weighted by atomic mass is 10.0. The number of nitrogens with one attached hydrogen (secondary N) is 1. The molecule has 1 fully saturated rings. The molecular weight excluding hydrogens is 220 g/mol. The van der Waals surface area contributed by atoms with Gasteiger partial charge < -0.3 is 5.32 Å². The molecule has 0 aliphatic carbocycles. The first-order valence-electron chi connectivity index (χ1n) is 7.17. The fraction of sp³-hybridized carbons (Fsp3) is 0.625. The SMILES string of the molecule is CC1CNCCN(Cc2ccc(C(C)C)cc2)C1. The lowest BCUT2D eigenvalue weighted by molar-refractivity contribution is 0.257. The summed E-state index contributed by atoms with van der Waals surface area (Å²) in [6.07, 6.45) is 0. The Kier molecular flexibility index (Phi) is 4.79. The minimum Gasteiger partial charge on any atom is -0.315 e. The van der Waals surface area contributed by atoms with Crippen molar-refractivity contribution in [3.05, 3.63) is 35.4 Å². The zero-order valence-corrected chi connectivity index (χ0v) is 11.9. The lowest BCUT2D eigenvalue weighted by Gasteiger charge is -2.22. The largest absolute Gasteiger partial charge is 0.315 e. The number of hydrogen-bond donors (Lipinski definition) is 1. The average Bonchev–Trinajstić information content (AvgIpc) is 2.54. The van der Waals surface area contributed by atoms with Gasteiger partial charge in [-0.2, -0.15) is 0 Å². The van der Waals surface area contributed by atoms with Crippen molar-refractivity contribution in [3.63, 3.8) is 0 Å². The number of nitrogens with zero attached hydrogens (tertiary/aromatic N) is 1. The van der Waals surface area contributed by atoms with Crippen LogP contribution in [0.1, 0.15) is 37.8 Å². The van der Waals surface area contributed by atoms with Gasteiger partial charge in [0.25, 0.3) is 0 Å². The number of hydrogen-bond acceptors (Lipinski definition) is 2. The quantitative estimate of drug-likeness (QED) is 0.882. The number of rotatable bonds is 3. The molecule has 1 aliphatic heterocycles. The van der Waals surface area contributed by atoms with Crippen LogP contribution in [-0.4, -0.2) is 31.1 Å². The van der Waals surface area contributed by atoms with Gasteiger partial charge in [0.05, 0.1) is 0 Å². The molecule has 1 atom stereocenters. The second-order valence-electron chi connectivity index (χ2n) is 5.94. The average molecular weight is 246 g/mol. The van der Waals surface area contributed by atoms with Gasteiger partial charge in [-0.3, -0.25) is 4.90 Å². The predicted molar refractivity (Wildman–Crippen MR) is 77.8 cm³/mol. The second kappa shape index (κ2) is 6.35. The molecule has 2 rings (SSSR count). The van der Waals surface area contributed by atoms with Crippen molar-refractivity contribution in [2.75, 3.05) is 26.2 Å². The summed E-state index contributed by atoms with van der Waals surface area (Å²) in [6, 6.07) is 9.13. The molecule has 1 N–H and O–H groups in total. The van der Waals surface area contributed by atoms with E-state index < -0.39 is 0 Å². The minimum atomic E-state index is 0.626. The summed E-state index contributed by atoms with van der Waals surface area (Å²) in [4.78, 5) is 2.56. The Morgan fingerprint density at radius 1 is 1.28 bits per heavy atom. The highest BCUT2D eigenvalue weighted by atomic mass is 15.2. The molecule has 2 heteroatoms. The first-order valence-corrected chi connectivity index (χ1v) is 7.17. The normalized spacial score (nSPS) is 22.1. The van der Waals surface area contributed by atoms with Crippen LogP contribution in [0.2, 0.25) is 0 Å². The lowest BCUT2D eigenvalue weighted by Crippen LogP contribution is -2.28. The van der Waals surface area contributed by atoms with E-state index in [1.807, 2.05) is 0 Å². The molecule has 18 heavy (non-hydrogen) atoms. The summed E-state index contributed by atoms with van der Waals surface area (Å²) in [5, 5.41) is 3.50. The molecule has 1 heterocycles. The van der Waals surface area contributed by atoms with E-state index in [1.54, 1.807) is 0 Å². The second-order valence-corrected chi connectivity index (χ2v) is 5.94. The molecule has 0 saturated carbocycles. The first-order chi connectivity index (χ1) is 8.65. The van der Waals surface area contributed by atoms with Gasteiger partial charge in [-0.25, -0.2) is 0 Å². The van der Waals surface area contributed by atoms with Crippen molar-refractivity contribution in [1.82, 2.24) is 10.2 Å². The van der Waals surface area contributed by atoms with E-state index in [0.29, 0.717) is 5.92 Å². The van der Waals surface area contributed by atoms with Gasteiger partial charge in [0.15, 0.2) is 0 Å². The Labute approximate surface area is 111 Å². The summed E-state index contributed by atoms with van der Waals surface area (Å²) >= 11 is 0. The Hall–Kier alpha value is -0.860. The van der Waals surface area contributed by atoms with E-state index >= 15 is 0 Å². The topological polar surface area (TPSA) is 15.3 Å². The van der Waals surface area contributed by atoms with Crippen LogP contribution >= 0.6 is 0 Å². The summed E-state index contributed by atoms with van der Waals surface area (Å²) in [7, 11) is 0. The van der Waals surface area contributed by atoms with Crippen molar-refractivity contribution < 1.29 is 0 Å². The molecule has 0 bridgehead atoms. The summed E-state index contributed by atoms with van der Waals surface area (Å²) in [6.45, 7) is 12.6. The Morgan fingerprint density at radius 2 is 2.00 bits per heavy atom. The van der Waals surface area contributed by atoms with Crippen LogP contribution in [0, 0.1) is 5.92 Å². The maximum absolute atomic E-state index is 3.50. The van der Waals surface area contributed by atoms with E-state index in [-0.39, 0.29) is 0 Å². The van der Waals surface area contributed by atoms with Gasteiger partial charge in [-0.05, 0) is 29.5 Å². The zero-order valence-electron chi connectivity index (χ0n) is 11.9. The van der Waals surface area contributed by atoms with Crippen LogP contribution in [0.4, 0.5) is 0 Å². The molecule has 0 spiro atoms. The van der Waals surface area contributed by atoms with Crippen LogP contribution in [0.3, 0.4) is 0 Å².